The summed E-state index contributed by atoms with van der Waals surface area (Å²) < 4.78 is 5.45. The molecule has 132 valence electrons. The maximum absolute atomic E-state index is 12.9. The average Bonchev–Trinajstić information content (AvgIpc) is 3.14. The molecule has 2 fully saturated rings. The van der Waals surface area contributed by atoms with Crippen LogP contribution in [0.3, 0.4) is 0 Å². The van der Waals surface area contributed by atoms with Gasteiger partial charge in [-0.15, -0.1) is 0 Å². The fraction of sp³-hybridized carbons (Fsp3) is 0.562. The number of methoxy groups -OCH3 is 1. The molecule has 0 bridgehead atoms. The molecule has 1 aliphatic carbocycles. The highest BCUT2D eigenvalue weighted by Gasteiger charge is 2.38. The van der Waals surface area contributed by atoms with Crippen molar-refractivity contribution in [3.63, 3.8) is 0 Å². The summed E-state index contributed by atoms with van der Waals surface area (Å²) >= 11 is 0. The van der Waals surface area contributed by atoms with Gasteiger partial charge in [0.05, 0.1) is 29.7 Å². The molecule has 9 heteroatoms. The number of urea groups is 1. The first-order valence-corrected chi connectivity index (χ1v) is 8.45. The van der Waals surface area contributed by atoms with Crippen LogP contribution < -0.4 is 5.32 Å². The van der Waals surface area contributed by atoms with E-state index < -0.39 is 0 Å². The van der Waals surface area contributed by atoms with Crippen LogP contribution in [0.15, 0.2) is 12.5 Å². The molecule has 4 rings (SSSR count). The Labute approximate surface area is 145 Å². The second kappa shape index (κ2) is 6.40. The van der Waals surface area contributed by atoms with Crippen LogP contribution in [0.2, 0.25) is 0 Å². The number of likely N-dealkylation sites (tertiary alicyclic amines) is 1. The van der Waals surface area contributed by atoms with E-state index >= 15 is 0 Å². The zero-order valence-electron chi connectivity index (χ0n) is 14.3. The minimum Gasteiger partial charge on any atom is -0.380 e. The number of nitrogens with zero attached hydrogens (tertiary/aromatic N) is 5. The summed E-state index contributed by atoms with van der Waals surface area (Å²) in [6.45, 7) is 2.36. The van der Waals surface area contributed by atoms with E-state index in [-0.39, 0.29) is 18.2 Å². The number of anilines is 1. The molecule has 2 N–H and O–H groups in total. The number of ether oxygens (including phenoxy) is 1. The van der Waals surface area contributed by atoms with Gasteiger partial charge in [-0.2, -0.15) is 5.10 Å². The van der Waals surface area contributed by atoms with E-state index in [0.29, 0.717) is 30.4 Å². The molecule has 2 amide bonds. The number of H-pyrrole nitrogens is 1. The lowest BCUT2D eigenvalue weighted by Crippen LogP contribution is -2.36. The van der Waals surface area contributed by atoms with Crippen LogP contribution in [0.5, 0.6) is 0 Å². The van der Waals surface area contributed by atoms with Gasteiger partial charge in [-0.1, -0.05) is 0 Å². The van der Waals surface area contributed by atoms with Gasteiger partial charge in [-0.25, -0.2) is 19.7 Å². The number of carbonyl (C=O) groups is 1. The van der Waals surface area contributed by atoms with Crippen molar-refractivity contribution in [2.45, 2.75) is 44.2 Å². The van der Waals surface area contributed by atoms with Gasteiger partial charge >= 0.3 is 6.03 Å². The molecule has 25 heavy (non-hydrogen) atoms. The van der Waals surface area contributed by atoms with E-state index in [4.69, 9.17) is 4.74 Å². The van der Waals surface area contributed by atoms with Gasteiger partial charge in [-0.05, 0) is 19.8 Å². The molecule has 0 unspecified atom stereocenters. The number of aromatic amines is 1. The van der Waals surface area contributed by atoms with E-state index in [1.807, 2.05) is 6.92 Å². The molecule has 2 aliphatic rings. The Kier molecular flexibility index (Phi) is 4.08. The monoisotopic (exact) mass is 343 g/mol. The Morgan fingerprint density at radius 3 is 2.92 bits per heavy atom. The molecular weight excluding hydrogens is 322 g/mol. The summed E-state index contributed by atoms with van der Waals surface area (Å²) in [5, 5.41) is 9.73. The minimum absolute atomic E-state index is 0.0296. The number of amides is 2. The summed E-state index contributed by atoms with van der Waals surface area (Å²) in [7, 11) is 1.66. The van der Waals surface area contributed by atoms with Crippen LogP contribution in [0.1, 0.15) is 48.6 Å². The van der Waals surface area contributed by atoms with Gasteiger partial charge in [0.1, 0.15) is 18.0 Å². The van der Waals surface area contributed by atoms with E-state index in [9.17, 15) is 4.79 Å². The number of nitrogens with one attached hydrogen (secondary N) is 2. The Bertz CT molecular complexity index is 760. The maximum atomic E-state index is 12.9. The van der Waals surface area contributed by atoms with Crippen molar-refractivity contribution in [1.82, 2.24) is 30.0 Å². The van der Waals surface area contributed by atoms with Crippen LogP contribution in [-0.4, -0.2) is 55.8 Å². The van der Waals surface area contributed by atoms with Crippen molar-refractivity contribution >= 4 is 11.7 Å². The first-order chi connectivity index (χ1) is 12.2. The Morgan fingerprint density at radius 1 is 1.40 bits per heavy atom. The number of rotatable bonds is 4. The molecule has 1 saturated heterocycles. The topological polar surface area (TPSA) is 109 Å². The molecule has 0 radical (unpaired) electrons. The molecule has 2 aromatic heterocycles. The molecule has 2 atom stereocenters. The summed E-state index contributed by atoms with van der Waals surface area (Å²) in [5.41, 5.74) is 1.62. The quantitative estimate of drug-likeness (QED) is 0.876. The van der Waals surface area contributed by atoms with Crippen LogP contribution in [0.25, 0.3) is 0 Å². The van der Waals surface area contributed by atoms with Gasteiger partial charge in [-0.3, -0.25) is 5.10 Å². The van der Waals surface area contributed by atoms with Crippen molar-refractivity contribution in [3.05, 3.63) is 29.9 Å². The Balaban J connectivity index is 1.55. The number of hydrogen-bond acceptors (Lipinski definition) is 6. The predicted octanol–water partition coefficient (Wildman–Crippen LogP) is 1.77. The normalized spacial score (nSPS) is 23.0. The highest BCUT2D eigenvalue weighted by atomic mass is 16.5. The van der Waals surface area contributed by atoms with Crippen LogP contribution in [0.4, 0.5) is 10.5 Å². The van der Waals surface area contributed by atoms with Crippen molar-refractivity contribution in [2.75, 3.05) is 19.0 Å². The minimum atomic E-state index is -0.199. The lowest BCUT2D eigenvalue weighted by atomic mass is 10.2. The van der Waals surface area contributed by atoms with Crippen molar-refractivity contribution in [3.8, 4) is 0 Å². The second-order valence-electron chi connectivity index (χ2n) is 6.55. The average molecular weight is 343 g/mol. The first-order valence-electron chi connectivity index (χ1n) is 8.45. The summed E-state index contributed by atoms with van der Waals surface area (Å²) in [5.74, 6) is 1.81. The highest BCUT2D eigenvalue weighted by molar-refractivity contribution is 5.90. The van der Waals surface area contributed by atoms with Crippen molar-refractivity contribution in [1.29, 1.82) is 0 Å². The fourth-order valence-electron chi connectivity index (χ4n) is 3.27. The van der Waals surface area contributed by atoms with Crippen LogP contribution >= 0.6 is 0 Å². The maximum Gasteiger partial charge on any atom is 0.322 e. The van der Waals surface area contributed by atoms with Gasteiger partial charge in [0, 0.05) is 26.0 Å². The van der Waals surface area contributed by atoms with Gasteiger partial charge in [0.25, 0.3) is 0 Å². The van der Waals surface area contributed by atoms with Gasteiger partial charge in [0.15, 0.2) is 0 Å². The summed E-state index contributed by atoms with van der Waals surface area (Å²) in [6.07, 6.45) is 6.01. The van der Waals surface area contributed by atoms with Gasteiger partial charge in [0.2, 0.25) is 0 Å². The SMILES string of the molecule is CO[C@@H]1C[C@@H](c2ncn[nH]2)N(C(=O)Nc2cnc(C)nc2C2CC2)C1. The number of hydrogen-bond donors (Lipinski definition) is 2. The summed E-state index contributed by atoms with van der Waals surface area (Å²) in [6, 6.07) is -0.390. The molecule has 2 aromatic rings. The van der Waals surface area contributed by atoms with Crippen molar-refractivity contribution < 1.29 is 9.53 Å². The first kappa shape index (κ1) is 15.9. The van der Waals surface area contributed by atoms with Crippen LogP contribution in [-0.2, 0) is 4.74 Å². The predicted molar refractivity (Wildman–Crippen MR) is 89.0 cm³/mol. The van der Waals surface area contributed by atoms with E-state index in [2.05, 4.69) is 30.5 Å². The molecular formula is C16H21N7O2. The Morgan fingerprint density at radius 2 is 2.24 bits per heavy atom. The molecule has 1 saturated carbocycles. The zero-order valence-corrected chi connectivity index (χ0v) is 14.3. The lowest BCUT2D eigenvalue weighted by molar-refractivity contribution is 0.111. The molecule has 0 spiro atoms. The Hall–Kier alpha value is -2.55. The standard InChI is InChI=1S/C16H21N7O2/c1-9-17-6-12(14(20-9)10-3-4-10)21-16(24)23-7-11(25-2)5-13(23)15-18-8-19-22-15/h6,8,10-11,13H,3-5,7H2,1-2H3,(H,21,24)(H,18,19,22)/t11-,13+/m1/s1. The smallest absolute Gasteiger partial charge is 0.322 e. The van der Waals surface area contributed by atoms with E-state index in [0.717, 1.165) is 24.4 Å². The lowest BCUT2D eigenvalue weighted by Gasteiger charge is -2.23. The largest absolute Gasteiger partial charge is 0.380 e. The number of aromatic nitrogens is 5. The number of carbonyl (C=O) groups excluding carboxylic acids is 1. The van der Waals surface area contributed by atoms with Crippen molar-refractivity contribution in [2.24, 2.45) is 0 Å². The second-order valence-corrected chi connectivity index (χ2v) is 6.55. The number of aryl methyl sites for hydroxylation is 1. The third kappa shape index (κ3) is 3.19. The van der Waals surface area contributed by atoms with Crippen LogP contribution in [0, 0.1) is 6.92 Å². The zero-order chi connectivity index (χ0) is 17.4. The molecule has 3 heterocycles. The molecule has 9 nitrogen and oxygen atoms in total. The van der Waals surface area contributed by atoms with Gasteiger partial charge < -0.3 is 15.0 Å². The third-order valence-electron chi connectivity index (χ3n) is 4.75. The third-order valence-corrected chi connectivity index (χ3v) is 4.75. The molecule has 0 aromatic carbocycles. The summed E-state index contributed by atoms with van der Waals surface area (Å²) in [4.78, 5) is 27.6. The fourth-order valence-corrected chi connectivity index (χ4v) is 3.27. The highest BCUT2D eigenvalue weighted by Crippen LogP contribution is 2.42. The van der Waals surface area contributed by atoms with E-state index in [1.165, 1.54) is 6.33 Å². The van der Waals surface area contributed by atoms with E-state index in [1.54, 1.807) is 18.2 Å². The molecule has 1 aliphatic heterocycles.